The van der Waals surface area contributed by atoms with Gasteiger partial charge in [-0.05, 0) is 12.1 Å². The average Bonchev–Trinajstić information content (AvgIpc) is 2.27. The number of hydrogen-bond acceptors (Lipinski definition) is 3. The zero-order valence-corrected chi connectivity index (χ0v) is 11.0. The van der Waals surface area contributed by atoms with Gasteiger partial charge in [-0.2, -0.15) is 0 Å². The van der Waals surface area contributed by atoms with Crippen molar-refractivity contribution >= 4 is 39.3 Å². The molecule has 0 saturated heterocycles. The quantitative estimate of drug-likeness (QED) is 0.488. The Balaban J connectivity index is 3.23. The van der Waals surface area contributed by atoms with Crippen LogP contribution >= 0.6 is 27.5 Å². The molecule has 86 valence electrons. The number of halogens is 2. The topological polar surface area (TPSA) is 43.4 Å². The molecule has 0 aliphatic carbocycles. The number of ketones is 1. The van der Waals surface area contributed by atoms with E-state index in [4.69, 9.17) is 11.6 Å². The van der Waals surface area contributed by atoms with Crippen LogP contribution in [0, 0.1) is 0 Å². The first-order valence-corrected chi connectivity index (χ1v) is 6.07. The molecule has 0 bridgehead atoms. The van der Waals surface area contributed by atoms with Crippen molar-refractivity contribution in [3.63, 3.8) is 0 Å². The minimum atomic E-state index is -0.555. The molecule has 0 N–H and O–H groups in total. The molecule has 5 heteroatoms. The van der Waals surface area contributed by atoms with Gasteiger partial charge >= 0.3 is 5.97 Å². The van der Waals surface area contributed by atoms with Gasteiger partial charge < -0.3 is 4.74 Å². The minimum Gasteiger partial charge on any atom is -0.465 e. The molecule has 1 rings (SSSR count). The standard InChI is InChI=1S/C11H10BrClO3/c1-16-11(15)7-3-2-4-8(13)10(7)9(14)5-6-12/h2-4H,5-6H2,1H3. The van der Waals surface area contributed by atoms with E-state index < -0.39 is 5.97 Å². The molecule has 1 aromatic rings. The monoisotopic (exact) mass is 304 g/mol. The Hall–Kier alpha value is -0.870. The molecule has 0 aromatic heterocycles. The highest BCUT2D eigenvalue weighted by Crippen LogP contribution is 2.22. The van der Waals surface area contributed by atoms with E-state index in [0.29, 0.717) is 5.33 Å². The lowest BCUT2D eigenvalue weighted by Crippen LogP contribution is -2.11. The number of ether oxygens (including phenoxy) is 1. The number of benzene rings is 1. The molecular weight excluding hydrogens is 295 g/mol. The van der Waals surface area contributed by atoms with Gasteiger partial charge in [0.2, 0.25) is 0 Å². The van der Waals surface area contributed by atoms with Crippen LogP contribution in [0.25, 0.3) is 0 Å². The summed E-state index contributed by atoms with van der Waals surface area (Å²) in [6.45, 7) is 0. The summed E-state index contributed by atoms with van der Waals surface area (Å²) in [5, 5.41) is 0.798. The van der Waals surface area contributed by atoms with Crippen LogP contribution in [0.15, 0.2) is 18.2 Å². The fourth-order valence-corrected chi connectivity index (χ4v) is 1.94. The summed E-state index contributed by atoms with van der Waals surface area (Å²) in [6, 6.07) is 4.72. The molecule has 0 radical (unpaired) electrons. The third-order valence-electron chi connectivity index (χ3n) is 2.02. The second kappa shape index (κ2) is 6.01. The Bertz CT molecular complexity index is 418. The lowest BCUT2D eigenvalue weighted by molar-refractivity contribution is 0.0597. The van der Waals surface area contributed by atoms with Gasteiger partial charge in [0, 0.05) is 11.8 Å². The smallest absolute Gasteiger partial charge is 0.338 e. The summed E-state index contributed by atoms with van der Waals surface area (Å²) in [6.07, 6.45) is 0.285. The second-order valence-corrected chi connectivity index (χ2v) is 4.22. The number of rotatable bonds is 4. The molecule has 0 unspecified atom stereocenters. The fraction of sp³-hybridized carbons (Fsp3) is 0.273. The van der Waals surface area contributed by atoms with Crippen LogP contribution in [0.2, 0.25) is 5.02 Å². The molecular formula is C11H10BrClO3. The van der Waals surface area contributed by atoms with E-state index in [0.717, 1.165) is 0 Å². The van der Waals surface area contributed by atoms with Crippen LogP contribution in [0.5, 0.6) is 0 Å². The molecule has 0 heterocycles. The molecule has 0 saturated carbocycles. The predicted octanol–water partition coefficient (Wildman–Crippen LogP) is 3.09. The van der Waals surface area contributed by atoms with Gasteiger partial charge in [-0.15, -0.1) is 0 Å². The van der Waals surface area contributed by atoms with Gasteiger partial charge in [0.25, 0.3) is 0 Å². The number of methoxy groups -OCH3 is 1. The van der Waals surface area contributed by atoms with E-state index in [9.17, 15) is 9.59 Å². The third kappa shape index (κ3) is 2.83. The van der Waals surface area contributed by atoms with Crippen LogP contribution in [-0.4, -0.2) is 24.2 Å². The van der Waals surface area contributed by atoms with Crippen molar-refractivity contribution in [3.8, 4) is 0 Å². The largest absolute Gasteiger partial charge is 0.465 e. The minimum absolute atomic E-state index is 0.178. The van der Waals surface area contributed by atoms with E-state index in [2.05, 4.69) is 20.7 Å². The number of Topliss-reactive ketones (excluding diaryl/α,β-unsaturated/α-hetero) is 1. The summed E-state index contributed by atoms with van der Waals surface area (Å²) in [5.41, 5.74) is 0.441. The maximum absolute atomic E-state index is 11.8. The van der Waals surface area contributed by atoms with Crippen molar-refractivity contribution in [1.82, 2.24) is 0 Å². The van der Waals surface area contributed by atoms with E-state index in [1.807, 2.05) is 0 Å². The van der Waals surface area contributed by atoms with Crippen molar-refractivity contribution in [2.75, 3.05) is 12.4 Å². The average molecular weight is 306 g/mol. The van der Waals surface area contributed by atoms with Gasteiger partial charge in [-0.3, -0.25) is 4.79 Å². The maximum Gasteiger partial charge on any atom is 0.338 e. The van der Waals surface area contributed by atoms with Crippen molar-refractivity contribution in [2.24, 2.45) is 0 Å². The van der Waals surface area contributed by atoms with Gasteiger partial charge in [0.15, 0.2) is 5.78 Å². The van der Waals surface area contributed by atoms with Gasteiger partial charge in [0.05, 0.1) is 23.3 Å². The number of carbonyl (C=O) groups is 2. The second-order valence-electron chi connectivity index (χ2n) is 3.02. The fourth-order valence-electron chi connectivity index (χ4n) is 1.30. The van der Waals surface area contributed by atoms with E-state index in [1.165, 1.54) is 13.2 Å². The molecule has 0 amide bonds. The lowest BCUT2D eigenvalue weighted by Gasteiger charge is -2.07. The molecule has 3 nitrogen and oxygen atoms in total. The highest BCUT2D eigenvalue weighted by atomic mass is 79.9. The van der Waals surface area contributed by atoms with Gasteiger partial charge in [-0.25, -0.2) is 4.79 Å². The van der Waals surface area contributed by atoms with Crippen LogP contribution < -0.4 is 0 Å². The first kappa shape index (κ1) is 13.2. The van der Waals surface area contributed by atoms with E-state index >= 15 is 0 Å². The SMILES string of the molecule is COC(=O)c1cccc(Cl)c1C(=O)CCBr. The van der Waals surface area contributed by atoms with Crippen molar-refractivity contribution in [1.29, 1.82) is 0 Å². The van der Waals surface area contributed by atoms with Crippen LogP contribution in [0.3, 0.4) is 0 Å². The normalized spacial score (nSPS) is 9.94. The predicted molar refractivity (Wildman–Crippen MR) is 65.5 cm³/mol. The lowest BCUT2D eigenvalue weighted by atomic mass is 10.0. The Morgan fingerprint density at radius 1 is 1.44 bits per heavy atom. The Labute approximate surface area is 107 Å². The molecule has 0 fully saturated rings. The van der Waals surface area contributed by atoms with E-state index in [1.54, 1.807) is 12.1 Å². The molecule has 1 aromatic carbocycles. The van der Waals surface area contributed by atoms with Crippen LogP contribution in [-0.2, 0) is 4.74 Å². The van der Waals surface area contributed by atoms with E-state index in [-0.39, 0.29) is 28.4 Å². The molecule has 0 atom stereocenters. The summed E-state index contributed by atoms with van der Waals surface area (Å²) < 4.78 is 4.60. The molecule has 16 heavy (non-hydrogen) atoms. The maximum atomic E-state index is 11.8. The summed E-state index contributed by atoms with van der Waals surface area (Å²) in [5.74, 6) is -0.733. The number of carbonyl (C=O) groups excluding carboxylic acids is 2. The first-order valence-electron chi connectivity index (χ1n) is 4.57. The van der Waals surface area contributed by atoms with Crippen molar-refractivity contribution < 1.29 is 14.3 Å². The van der Waals surface area contributed by atoms with Crippen molar-refractivity contribution in [3.05, 3.63) is 34.3 Å². The van der Waals surface area contributed by atoms with Crippen LogP contribution in [0.1, 0.15) is 27.1 Å². The third-order valence-corrected chi connectivity index (χ3v) is 2.73. The van der Waals surface area contributed by atoms with Crippen molar-refractivity contribution in [2.45, 2.75) is 6.42 Å². The van der Waals surface area contributed by atoms with Gasteiger partial charge in [-0.1, -0.05) is 33.6 Å². The zero-order chi connectivity index (χ0) is 12.1. The number of alkyl halides is 1. The van der Waals surface area contributed by atoms with Crippen LogP contribution in [0.4, 0.5) is 0 Å². The Kier molecular flexibility index (Phi) is 4.96. The molecule has 0 aliphatic heterocycles. The first-order chi connectivity index (χ1) is 7.61. The zero-order valence-electron chi connectivity index (χ0n) is 8.63. The Morgan fingerprint density at radius 2 is 2.12 bits per heavy atom. The number of esters is 1. The summed E-state index contributed by atoms with van der Waals surface area (Å²) >= 11 is 9.09. The summed E-state index contributed by atoms with van der Waals surface area (Å²) in [7, 11) is 1.27. The summed E-state index contributed by atoms with van der Waals surface area (Å²) in [4.78, 5) is 23.2. The highest BCUT2D eigenvalue weighted by molar-refractivity contribution is 9.09. The highest BCUT2D eigenvalue weighted by Gasteiger charge is 2.19. The molecule has 0 spiro atoms. The van der Waals surface area contributed by atoms with Gasteiger partial charge in [0.1, 0.15) is 0 Å². The Morgan fingerprint density at radius 3 is 2.69 bits per heavy atom. The number of hydrogen-bond donors (Lipinski definition) is 0. The molecule has 0 aliphatic rings.